The third-order valence-electron chi connectivity index (χ3n) is 1.14. The summed E-state index contributed by atoms with van der Waals surface area (Å²) in [5.41, 5.74) is 0. The first-order chi connectivity index (χ1) is 3.68. The molecule has 0 saturated heterocycles. The summed E-state index contributed by atoms with van der Waals surface area (Å²) in [6, 6.07) is 0. The fraction of sp³-hybridized carbons (Fsp3) is 0.833. The minimum absolute atomic E-state index is 0. The Labute approximate surface area is 55.0 Å². The Kier molecular flexibility index (Phi) is 6.96. The normalized spacial score (nSPS) is 11.8. The second-order valence-electron chi connectivity index (χ2n) is 2.03. The van der Waals surface area contributed by atoms with E-state index >= 15 is 0 Å². The zero-order chi connectivity index (χ0) is 6.57. The van der Waals surface area contributed by atoms with Crippen LogP contribution < -0.4 is 0 Å². The number of hydrogen-bond donors (Lipinski definition) is 1. The summed E-state index contributed by atoms with van der Waals surface area (Å²) in [6.07, 6.45) is 1.74. The average molecular weight is 134 g/mol. The van der Waals surface area contributed by atoms with E-state index in [-0.39, 0.29) is 11.4 Å². The van der Waals surface area contributed by atoms with Gasteiger partial charge in [-0.15, -0.1) is 0 Å². The van der Waals surface area contributed by atoms with E-state index in [1.54, 1.807) is 6.92 Å². The minimum Gasteiger partial charge on any atom is -0.481 e. The van der Waals surface area contributed by atoms with Crippen molar-refractivity contribution in [3.8, 4) is 0 Å². The maximum atomic E-state index is 10.1. The lowest BCUT2D eigenvalue weighted by Gasteiger charge is -2.00. The number of carboxylic acids is 1. The predicted octanol–water partition coefficient (Wildman–Crippen LogP) is 0.682. The molecule has 1 atom stereocenters. The van der Waals surface area contributed by atoms with Crippen LogP contribution in [0.1, 0.15) is 26.7 Å². The van der Waals surface area contributed by atoms with E-state index in [2.05, 4.69) is 0 Å². The molecular formula is C6H14O3. The van der Waals surface area contributed by atoms with E-state index in [1.807, 2.05) is 6.92 Å². The van der Waals surface area contributed by atoms with Crippen LogP contribution in [0.4, 0.5) is 0 Å². The zero-order valence-corrected chi connectivity index (χ0v) is 5.85. The molecule has 0 aromatic rings. The van der Waals surface area contributed by atoms with E-state index in [0.717, 1.165) is 12.8 Å². The zero-order valence-electron chi connectivity index (χ0n) is 5.85. The molecule has 3 nitrogen and oxygen atoms in total. The van der Waals surface area contributed by atoms with Crippen LogP contribution in [0.2, 0.25) is 0 Å². The number of rotatable bonds is 3. The standard InChI is InChI=1S/C6H12O2.H2O/c1-3-4-5(2)6(7)8;/h5H,3-4H2,1-2H3,(H,7,8);1H2. The first-order valence-corrected chi connectivity index (χ1v) is 2.91. The number of aliphatic carboxylic acids is 1. The maximum absolute atomic E-state index is 10.1. The minimum atomic E-state index is -0.688. The lowest BCUT2D eigenvalue weighted by molar-refractivity contribution is -0.141. The topological polar surface area (TPSA) is 68.8 Å². The van der Waals surface area contributed by atoms with Gasteiger partial charge in [0.15, 0.2) is 0 Å². The maximum Gasteiger partial charge on any atom is 0.306 e. The quantitative estimate of drug-likeness (QED) is 0.616. The average Bonchev–Trinajstić information content (AvgIpc) is 1.67. The smallest absolute Gasteiger partial charge is 0.306 e. The van der Waals surface area contributed by atoms with E-state index in [4.69, 9.17) is 5.11 Å². The van der Waals surface area contributed by atoms with Crippen molar-refractivity contribution in [3.63, 3.8) is 0 Å². The third kappa shape index (κ3) is 5.30. The van der Waals surface area contributed by atoms with Gasteiger partial charge in [0.2, 0.25) is 0 Å². The Morgan fingerprint density at radius 2 is 2.11 bits per heavy atom. The molecular weight excluding hydrogens is 120 g/mol. The lowest BCUT2D eigenvalue weighted by atomic mass is 10.1. The molecule has 0 aliphatic heterocycles. The number of carbonyl (C=O) groups is 1. The Bertz CT molecular complexity index is 80.4. The van der Waals surface area contributed by atoms with Gasteiger partial charge in [0.1, 0.15) is 0 Å². The fourth-order valence-electron chi connectivity index (χ4n) is 0.556. The SMILES string of the molecule is CCCC(C)C(=O)O.O. The van der Waals surface area contributed by atoms with E-state index < -0.39 is 5.97 Å². The predicted molar refractivity (Wildman–Crippen MR) is 35.3 cm³/mol. The molecule has 0 fully saturated rings. The van der Waals surface area contributed by atoms with Crippen molar-refractivity contribution in [1.82, 2.24) is 0 Å². The lowest BCUT2D eigenvalue weighted by Crippen LogP contribution is -2.08. The number of hydrogen-bond acceptors (Lipinski definition) is 1. The molecule has 56 valence electrons. The van der Waals surface area contributed by atoms with Gasteiger partial charge in [-0.3, -0.25) is 4.79 Å². The Morgan fingerprint density at radius 3 is 2.22 bits per heavy atom. The first-order valence-electron chi connectivity index (χ1n) is 2.91. The van der Waals surface area contributed by atoms with Crippen molar-refractivity contribution in [2.75, 3.05) is 0 Å². The molecule has 0 aromatic carbocycles. The van der Waals surface area contributed by atoms with Crippen molar-refractivity contribution in [2.24, 2.45) is 5.92 Å². The summed E-state index contributed by atoms with van der Waals surface area (Å²) >= 11 is 0. The van der Waals surface area contributed by atoms with E-state index in [0.29, 0.717) is 0 Å². The van der Waals surface area contributed by atoms with Gasteiger partial charge in [-0.2, -0.15) is 0 Å². The van der Waals surface area contributed by atoms with Crippen LogP contribution in [0, 0.1) is 5.92 Å². The summed E-state index contributed by atoms with van der Waals surface area (Å²) in [6.45, 7) is 3.71. The van der Waals surface area contributed by atoms with Crippen molar-refractivity contribution in [1.29, 1.82) is 0 Å². The molecule has 1 unspecified atom stereocenters. The molecule has 0 aliphatic rings. The second-order valence-corrected chi connectivity index (χ2v) is 2.03. The third-order valence-corrected chi connectivity index (χ3v) is 1.14. The van der Waals surface area contributed by atoms with Crippen LogP contribution in [0.25, 0.3) is 0 Å². The summed E-state index contributed by atoms with van der Waals surface area (Å²) in [7, 11) is 0. The molecule has 0 heterocycles. The van der Waals surface area contributed by atoms with Crippen molar-refractivity contribution in [3.05, 3.63) is 0 Å². The molecule has 0 aromatic heterocycles. The molecule has 0 radical (unpaired) electrons. The second kappa shape index (κ2) is 5.56. The van der Waals surface area contributed by atoms with Crippen LogP contribution in [0.3, 0.4) is 0 Å². The number of carboxylic acid groups (broad SMARTS) is 1. The van der Waals surface area contributed by atoms with Crippen LogP contribution in [0.5, 0.6) is 0 Å². The van der Waals surface area contributed by atoms with Crippen LogP contribution in [-0.2, 0) is 4.79 Å². The van der Waals surface area contributed by atoms with Gasteiger partial charge in [-0.05, 0) is 6.42 Å². The molecule has 3 heteroatoms. The highest BCUT2D eigenvalue weighted by Gasteiger charge is 2.07. The highest BCUT2D eigenvalue weighted by molar-refractivity contribution is 5.69. The monoisotopic (exact) mass is 134 g/mol. The fourth-order valence-corrected chi connectivity index (χ4v) is 0.556. The molecule has 9 heavy (non-hydrogen) atoms. The van der Waals surface area contributed by atoms with Crippen molar-refractivity contribution < 1.29 is 15.4 Å². The summed E-state index contributed by atoms with van der Waals surface area (Å²) in [5.74, 6) is -0.855. The van der Waals surface area contributed by atoms with Crippen molar-refractivity contribution >= 4 is 5.97 Å². The van der Waals surface area contributed by atoms with Gasteiger partial charge in [0.05, 0.1) is 5.92 Å². The highest BCUT2D eigenvalue weighted by Crippen LogP contribution is 2.03. The molecule has 0 spiro atoms. The van der Waals surface area contributed by atoms with E-state index in [9.17, 15) is 4.79 Å². The van der Waals surface area contributed by atoms with Crippen LogP contribution >= 0.6 is 0 Å². The van der Waals surface area contributed by atoms with Gasteiger partial charge < -0.3 is 10.6 Å². The molecule has 3 N–H and O–H groups in total. The van der Waals surface area contributed by atoms with Gasteiger partial charge in [-0.1, -0.05) is 20.3 Å². The van der Waals surface area contributed by atoms with E-state index in [1.165, 1.54) is 0 Å². The van der Waals surface area contributed by atoms with Gasteiger partial charge in [0, 0.05) is 0 Å². The van der Waals surface area contributed by atoms with Crippen LogP contribution in [-0.4, -0.2) is 16.6 Å². The summed E-state index contributed by atoms with van der Waals surface area (Å²) in [4.78, 5) is 10.1. The largest absolute Gasteiger partial charge is 0.481 e. The molecule has 0 aliphatic carbocycles. The molecule has 0 bridgehead atoms. The molecule has 0 amide bonds. The summed E-state index contributed by atoms with van der Waals surface area (Å²) < 4.78 is 0. The van der Waals surface area contributed by atoms with Gasteiger partial charge in [0.25, 0.3) is 0 Å². The summed E-state index contributed by atoms with van der Waals surface area (Å²) in [5, 5.41) is 8.31. The Hall–Kier alpha value is -0.570. The first kappa shape index (κ1) is 11.3. The molecule has 0 saturated carbocycles. The highest BCUT2D eigenvalue weighted by atomic mass is 16.4. The Balaban J connectivity index is 0. The Morgan fingerprint density at radius 1 is 1.67 bits per heavy atom. The van der Waals surface area contributed by atoms with Gasteiger partial charge in [-0.25, -0.2) is 0 Å². The van der Waals surface area contributed by atoms with Crippen molar-refractivity contribution in [2.45, 2.75) is 26.7 Å². The van der Waals surface area contributed by atoms with Crippen LogP contribution in [0.15, 0.2) is 0 Å². The molecule has 0 rings (SSSR count). The van der Waals surface area contributed by atoms with Gasteiger partial charge >= 0.3 is 5.97 Å².